The first-order chi connectivity index (χ1) is 10.1. The monoisotopic (exact) mass is 301 g/mol. The molecule has 0 unspecified atom stereocenters. The minimum Gasteiger partial charge on any atom is -0.493 e. The van der Waals surface area contributed by atoms with Crippen LogP contribution in [0.4, 0.5) is 0 Å². The van der Waals surface area contributed by atoms with Crippen LogP contribution in [0.3, 0.4) is 0 Å². The van der Waals surface area contributed by atoms with Crippen molar-refractivity contribution in [2.45, 2.75) is 20.0 Å². The largest absolute Gasteiger partial charge is 0.493 e. The third kappa shape index (κ3) is 3.95. The lowest BCUT2D eigenvalue weighted by Crippen LogP contribution is -2.09. The second-order valence-corrected chi connectivity index (χ2v) is 5.13. The lowest BCUT2D eigenvalue weighted by Gasteiger charge is -2.12. The quantitative estimate of drug-likeness (QED) is 0.830. The highest BCUT2D eigenvalue weighted by atomic mass is 32.1. The Morgan fingerprint density at radius 1 is 1.05 bits per heavy atom. The van der Waals surface area contributed by atoms with Crippen molar-refractivity contribution in [1.82, 2.24) is 0 Å². The molecule has 0 fully saturated rings. The maximum absolute atomic E-state index is 5.82. The Morgan fingerprint density at radius 2 is 1.71 bits per heavy atom. The molecule has 2 N–H and O–H groups in total. The van der Waals surface area contributed by atoms with E-state index in [4.69, 9.17) is 27.4 Å². The van der Waals surface area contributed by atoms with Crippen molar-refractivity contribution in [3.63, 3.8) is 0 Å². The number of benzene rings is 2. The normalized spacial score (nSPS) is 10.2. The second-order valence-electron chi connectivity index (χ2n) is 4.69. The average molecular weight is 301 g/mol. The van der Waals surface area contributed by atoms with Crippen LogP contribution in [0.5, 0.6) is 11.5 Å². The number of hydrogen-bond acceptors (Lipinski definition) is 3. The predicted octanol–water partition coefficient (Wildman–Crippen LogP) is 3.47. The van der Waals surface area contributed by atoms with E-state index < -0.39 is 0 Å². The van der Waals surface area contributed by atoms with Crippen molar-refractivity contribution in [2.75, 3.05) is 7.11 Å². The number of ether oxygens (including phenoxy) is 2. The molecule has 0 aromatic heterocycles. The first-order valence-electron chi connectivity index (χ1n) is 6.82. The zero-order chi connectivity index (χ0) is 15.2. The summed E-state index contributed by atoms with van der Waals surface area (Å²) in [5, 5.41) is 0. The van der Waals surface area contributed by atoms with Crippen LogP contribution >= 0.6 is 12.2 Å². The molecule has 0 bridgehead atoms. The van der Waals surface area contributed by atoms with Gasteiger partial charge in [-0.05, 0) is 29.7 Å². The van der Waals surface area contributed by atoms with E-state index in [1.54, 1.807) is 7.11 Å². The Morgan fingerprint density at radius 3 is 2.29 bits per heavy atom. The molecule has 2 aromatic carbocycles. The molecule has 0 spiro atoms. The molecule has 0 saturated carbocycles. The van der Waals surface area contributed by atoms with Crippen LogP contribution in [0.1, 0.15) is 23.6 Å². The highest BCUT2D eigenvalue weighted by Crippen LogP contribution is 2.29. The molecule has 21 heavy (non-hydrogen) atoms. The molecule has 0 amide bonds. The van der Waals surface area contributed by atoms with Gasteiger partial charge in [0.2, 0.25) is 0 Å². The summed E-state index contributed by atoms with van der Waals surface area (Å²) >= 11 is 4.93. The fraction of sp³-hybridized carbons (Fsp3) is 0.235. The van der Waals surface area contributed by atoms with Gasteiger partial charge in [0, 0.05) is 5.56 Å². The molecule has 0 aliphatic rings. The van der Waals surface area contributed by atoms with Crippen LogP contribution in [0.25, 0.3) is 0 Å². The van der Waals surface area contributed by atoms with Crippen LogP contribution in [0, 0.1) is 0 Å². The summed E-state index contributed by atoms with van der Waals surface area (Å²) in [5.74, 6) is 1.50. The molecule has 110 valence electrons. The van der Waals surface area contributed by atoms with Crippen molar-refractivity contribution in [1.29, 1.82) is 0 Å². The van der Waals surface area contributed by atoms with E-state index >= 15 is 0 Å². The Hall–Kier alpha value is -2.07. The van der Waals surface area contributed by atoms with Crippen molar-refractivity contribution in [3.05, 3.63) is 59.2 Å². The van der Waals surface area contributed by atoms with Gasteiger partial charge in [0.1, 0.15) is 11.6 Å². The predicted molar refractivity (Wildman–Crippen MR) is 89.0 cm³/mol. The number of aryl methyl sites for hydroxylation is 1. The van der Waals surface area contributed by atoms with Crippen LogP contribution < -0.4 is 15.2 Å². The highest BCUT2D eigenvalue weighted by Gasteiger charge is 2.06. The molecule has 0 aliphatic carbocycles. The number of methoxy groups -OCH3 is 1. The SMILES string of the molecule is CCc1ccc(OCc2ccc(C(N)=S)cc2)c(OC)c1. The first-order valence-corrected chi connectivity index (χ1v) is 7.23. The van der Waals surface area contributed by atoms with E-state index in [0.717, 1.165) is 29.0 Å². The van der Waals surface area contributed by atoms with E-state index in [2.05, 4.69) is 6.92 Å². The molecule has 0 radical (unpaired) electrons. The van der Waals surface area contributed by atoms with Crippen molar-refractivity contribution < 1.29 is 9.47 Å². The molecule has 0 atom stereocenters. The Bertz CT molecular complexity index is 623. The van der Waals surface area contributed by atoms with Crippen molar-refractivity contribution in [2.24, 2.45) is 5.73 Å². The van der Waals surface area contributed by atoms with Gasteiger partial charge in [0.25, 0.3) is 0 Å². The van der Waals surface area contributed by atoms with E-state index in [1.165, 1.54) is 5.56 Å². The van der Waals surface area contributed by atoms with Crippen LogP contribution in [-0.4, -0.2) is 12.1 Å². The molecular weight excluding hydrogens is 282 g/mol. The van der Waals surface area contributed by atoms with Gasteiger partial charge < -0.3 is 15.2 Å². The van der Waals surface area contributed by atoms with Gasteiger partial charge in [0.15, 0.2) is 11.5 Å². The van der Waals surface area contributed by atoms with Gasteiger partial charge in [-0.25, -0.2) is 0 Å². The van der Waals surface area contributed by atoms with Crippen LogP contribution in [0.2, 0.25) is 0 Å². The molecule has 4 heteroatoms. The van der Waals surface area contributed by atoms with Gasteiger partial charge in [-0.3, -0.25) is 0 Å². The maximum Gasteiger partial charge on any atom is 0.161 e. The first kappa shape index (κ1) is 15.3. The summed E-state index contributed by atoms with van der Waals surface area (Å²) in [6.45, 7) is 2.58. The molecular formula is C17H19NO2S. The smallest absolute Gasteiger partial charge is 0.161 e. The Balaban J connectivity index is 2.07. The fourth-order valence-electron chi connectivity index (χ4n) is 1.98. The summed E-state index contributed by atoms with van der Waals surface area (Å²) in [5.41, 5.74) is 8.71. The van der Waals surface area contributed by atoms with Gasteiger partial charge in [-0.1, -0.05) is 49.5 Å². The summed E-state index contributed by atoms with van der Waals surface area (Å²) in [6, 6.07) is 13.7. The third-order valence-electron chi connectivity index (χ3n) is 3.27. The van der Waals surface area contributed by atoms with Gasteiger partial charge in [0.05, 0.1) is 7.11 Å². The van der Waals surface area contributed by atoms with E-state index in [-0.39, 0.29) is 0 Å². The standard InChI is InChI=1S/C17H19NO2S/c1-3-12-6-9-15(16(10-12)19-2)20-11-13-4-7-14(8-5-13)17(18)21/h4-10H,3,11H2,1-2H3,(H2,18,21). The zero-order valence-corrected chi connectivity index (χ0v) is 13.1. The van der Waals surface area contributed by atoms with Crippen LogP contribution in [-0.2, 0) is 13.0 Å². The third-order valence-corrected chi connectivity index (χ3v) is 3.50. The second kappa shape index (κ2) is 7.09. The van der Waals surface area contributed by atoms with Crippen LogP contribution in [0.15, 0.2) is 42.5 Å². The summed E-state index contributed by atoms with van der Waals surface area (Å²) < 4.78 is 11.2. The number of rotatable bonds is 6. The summed E-state index contributed by atoms with van der Waals surface area (Å²) in [6.07, 6.45) is 0.969. The average Bonchev–Trinajstić information content (AvgIpc) is 2.53. The minimum atomic E-state index is 0.402. The van der Waals surface area contributed by atoms with E-state index in [1.807, 2.05) is 42.5 Å². The number of thiocarbonyl (C=S) groups is 1. The van der Waals surface area contributed by atoms with Gasteiger partial charge in [-0.15, -0.1) is 0 Å². The topological polar surface area (TPSA) is 44.5 Å². The fourth-order valence-corrected chi connectivity index (χ4v) is 2.11. The number of hydrogen-bond donors (Lipinski definition) is 1. The number of nitrogens with two attached hydrogens (primary N) is 1. The molecule has 0 heterocycles. The highest BCUT2D eigenvalue weighted by molar-refractivity contribution is 7.80. The molecule has 2 aromatic rings. The molecule has 0 aliphatic heterocycles. The molecule has 3 nitrogen and oxygen atoms in total. The Labute approximate surface area is 130 Å². The Kier molecular flexibility index (Phi) is 5.17. The van der Waals surface area contributed by atoms with Gasteiger partial charge in [-0.2, -0.15) is 0 Å². The van der Waals surface area contributed by atoms with Gasteiger partial charge >= 0.3 is 0 Å². The molecule has 2 rings (SSSR count). The summed E-state index contributed by atoms with van der Waals surface area (Å²) in [4.78, 5) is 0.402. The minimum absolute atomic E-state index is 0.402. The summed E-state index contributed by atoms with van der Waals surface area (Å²) in [7, 11) is 1.65. The zero-order valence-electron chi connectivity index (χ0n) is 12.3. The van der Waals surface area contributed by atoms with Crippen molar-refractivity contribution >= 4 is 17.2 Å². The maximum atomic E-state index is 5.82. The lowest BCUT2D eigenvalue weighted by molar-refractivity contribution is 0.284. The van der Waals surface area contributed by atoms with E-state index in [9.17, 15) is 0 Å². The van der Waals surface area contributed by atoms with E-state index in [0.29, 0.717) is 11.6 Å². The van der Waals surface area contributed by atoms with Crippen molar-refractivity contribution in [3.8, 4) is 11.5 Å². The lowest BCUT2D eigenvalue weighted by atomic mass is 10.1. The molecule has 0 saturated heterocycles.